The largest absolute Gasteiger partial charge is 0.352 e. The molecule has 1 aromatic rings. The molecule has 2 unspecified atom stereocenters. The summed E-state index contributed by atoms with van der Waals surface area (Å²) in [5.74, 6) is 1.79. The van der Waals surface area contributed by atoms with Crippen LogP contribution < -0.4 is 5.32 Å². The van der Waals surface area contributed by atoms with Crippen LogP contribution in [0.25, 0.3) is 0 Å². The standard InChI is InChI=1S/C15H19BrClNO/c1-10-4-2-7-13(14(10)16)15(19)18-9-12-6-3-5-11(12)8-17/h2,4,7,11-12H,3,5-6,8-9H2,1H3,(H,18,19). The number of halogens is 2. The van der Waals surface area contributed by atoms with Gasteiger partial charge in [0.15, 0.2) is 0 Å². The molecule has 0 spiro atoms. The second-order valence-electron chi connectivity index (χ2n) is 5.25. The summed E-state index contributed by atoms with van der Waals surface area (Å²) in [6.45, 7) is 2.72. The van der Waals surface area contributed by atoms with Crippen LogP contribution in [0.15, 0.2) is 22.7 Å². The Morgan fingerprint density at radius 2 is 2.16 bits per heavy atom. The normalized spacial score (nSPS) is 22.5. The molecule has 19 heavy (non-hydrogen) atoms. The summed E-state index contributed by atoms with van der Waals surface area (Å²) in [6.07, 6.45) is 3.59. The number of alkyl halides is 1. The number of benzene rings is 1. The fourth-order valence-electron chi connectivity index (χ4n) is 2.73. The minimum absolute atomic E-state index is 0.00389. The maximum absolute atomic E-state index is 12.2. The van der Waals surface area contributed by atoms with Crippen LogP contribution in [0.3, 0.4) is 0 Å². The van der Waals surface area contributed by atoms with Gasteiger partial charge in [0.2, 0.25) is 0 Å². The van der Waals surface area contributed by atoms with Gasteiger partial charge in [-0.15, -0.1) is 11.6 Å². The molecule has 4 heteroatoms. The van der Waals surface area contributed by atoms with Gasteiger partial charge in [-0.1, -0.05) is 18.6 Å². The van der Waals surface area contributed by atoms with Gasteiger partial charge in [0.25, 0.3) is 5.91 Å². The molecule has 104 valence electrons. The maximum atomic E-state index is 12.2. The van der Waals surface area contributed by atoms with Gasteiger partial charge in [-0.2, -0.15) is 0 Å². The van der Waals surface area contributed by atoms with Crippen LogP contribution >= 0.6 is 27.5 Å². The molecule has 1 aliphatic carbocycles. The second-order valence-corrected chi connectivity index (χ2v) is 6.35. The fraction of sp³-hybridized carbons (Fsp3) is 0.533. The van der Waals surface area contributed by atoms with Gasteiger partial charge in [-0.3, -0.25) is 4.79 Å². The molecule has 2 nitrogen and oxygen atoms in total. The molecule has 0 saturated heterocycles. The molecule has 1 amide bonds. The van der Waals surface area contributed by atoms with Crippen molar-refractivity contribution in [2.45, 2.75) is 26.2 Å². The van der Waals surface area contributed by atoms with E-state index < -0.39 is 0 Å². The molecule has 2 rings (SSSR count). The molecule has 0 aromatic heterocycles. The van der Waals surface area contributed by atoms with Gasteiger partial charge in [0.1, 0.15) is 0 Å². The van der Waals surface area contributed by atoms with E-state index in [2.05, 4.69) is 21.2 Å². The maximum Gasteiger partial charge on any atom is 0.252 e. The summed E-state index contributed by atoms with van der Waals surface area (Å²) < 4.78 is 0.882. The highest BCUT2D eigenvalue weighted by Crippen LogP contribution is 2.32. The molecule has 2 atom stereocenters. The molecule has 0 heterocycles. The predicted molar refractivity (Wildman–Crippen MR) is 82.8 cm³/mol. The molecule has 1 saturated carbocycles. The van der Waals surface area contributed by atoms with Crippen LogP contribution in [-0.2, 0) is 0 Å². The van der Waals surface area contributed by atoms with Gasteiger partial charge in [0, 0.05) is 16.9 Å². The topological polar surface area (TPSA) is 29.1 Å². The van der Waals surface area contributed by atoms with Gasteiger partial charge in [-0.25, -0.2) is 0 Å². The molecule has 0 aliphatic heterocycles. The van der Waals surface area contributed by atoms with Crippen molar-refractivity contribution < 1.29 is 4.79 Å². The van der Waals surface area contributed by atoms with Crippen molar-refractivity contribution in [3.8, 4) is 0 Å². The van der Waals surface area contributed by atoms with Crippen molar-refractivity contribution in [3.63, 3.8) is 0 Å². The van der Waals surface area contributed by atoms with E-state index in [0.29, 0.717) is 23.3 Å². The van der Waals surface area contributed by atoms with E-state index in [9.17, 15) is 4.79 Å². The lowest BCUT2D eigenvalue weighted by Gasteiger charge is -2.18. The molecule has 1 fully saturated rings. The molecular weight excluding hydrogens is 326 g/mol. The van der Waals surface area contributed by atoms with Crippen LogP contribution in [0.2, 0.25) is 0 Å². The lowest BCUT2D eigenvalue weighted by atomic mass is 9.98. The van der Waals surface area contributed by atoms with E-state index in [1.165, 1.54) is 19.3 Å². The summed E-state index contributed by atoms with van der Waals surface area (Å²) in [6, 6.07) is 5.74. The summed E-state index contributed by atoms with van der Waals surface area (Å²) in [7, 11) is 0. The number of aryl methyl sites for hydroxylation is 1. The van der Waals surface area contributed by atoms with Crippen LogP contribution in [-0.4, -0.2) is 18.3 Å². The molecule has 0 bridgehead atoms. The third-order valence-electron chi connectivity index (χ3n) is 3.98. The summed E-state index contributed by atoms with van der Waals surface area (Å²) in [4.78, 5) is 12.2. The van der Waals surface area contributed by atoms with Gasteiger partial charge in [-0.05, 0) is 59.2 Å². The Morgan fingerprint density at radius 3 is 2.89 bits per heavy atom. The number of amides is 1. The van der Waals surface area contributed by atoms with E-state index in [0.717, 1.165) is 16.6 Å². The summed E-state index contributed by atoms with van der Waals surface area (Å²) in [5, 5.41) is 3.05. The first kappa shape index (κ1) is 14.9. The van der Waals surface area contributed by atoms with Crippen molar-refractivity contribution in [2.24, 2.45) is 11.8 Å². The minimum Gasteiger partial charge on any atom is -0.352 e. The molecule has 1 aliphatic rings. The summed E-state index contributed by atoms with van der Waals surface area (Å²) in [5.41, 5.74) is 1.78. The smallest absolute Gasteiger partial charge is 0.252 e. The lowest BCUT2D eigenvalue weighted by molar-refractivity contribution is 0.0944. The summed E-state index contributed by atoms with van der Waals surface area (Å²) >= 11 is 9.44. The minimum atomic E-state index is -0.00389. The monoisotopic (exact) mass is 343 g/mol. The fourth-order valence-corrected chi connectivity index (χ4v) is 3.58. The molecule has 1 N–H and O–H groups in total. The van der Waals surface area contributed by atoms with E-state index in [1.54, 1.807) is 0 Å². The van der Waals surface area contributed by atoms with Gasteiger partial charge < -0.3 is 5.32 Å². The molecule has 0 radical (unpaired) electrons. The number of nitrogens with one attached hydrogen (secondary N) is 1. The van der Waals surface area contributed by atoms with Gasteiger partial charge in [0.05, 0.1) is 5.56 Å². The van der Waals surface area contributed by atoms with E-state index >= 15 is 0 Å². The Kier molecular flexibility index (Phi) is 5.28. The average molecular weight is 345 g/mol. The first-order valence-electron chi connectivity index (χ1n) is 6.72. The van der Waals surface area contributed by atoms with Crippen molar-refractivity contribution in [1.82, 2.24) is 5.32 Å². The zero-order valence-electron chi connectivity index (χ0n) is 11.1. The highest BCUT2D eigenvalue weighted by Gasteiger charge is 2.26. The zero-order valence-corrected chi connectivity index (χ0v) is 13.4. The third kappa shape index (κ3) is 3.51. The van der Waals surface area contributed by atoms with E-state index in [1.807, 2.05) is 25.1 Å². The number of rotatable bonds is 4. The zero-order chi connectivity index (χ0) is 13.8. The first-order valence-corrected chi connectivity index (χ1v) is 8.05. The van der Waals surface area contributed by atoms with Crippen molar-refractivity contribution in [1.29, 1.82) is 0 Å². The Hall–Kier alpha value is -0.540. The first-order chi connectivity index (χ1) is 9.13. The number of hydrogen-bond acceptors (Lipinski definition) is 1. The molecular formula is C15H19BrClNO. The average Bonchev–Trinajstić information content (AvgIpc) is 2.86. The Bertz CT molecular complexity index is 463. The van der Waals surface area contributed by atoms with Crippen LogP contribution in [0.1, 0.15) is 35.2 Å². The van der Waals surface area contributed by atoms with E-state index in [-0.39, 0.29) is 5.91 Å². The van der Waals surface area contributed by atoms with Crippen LogP contribution in [0.4, 0.5) is 0 Å². The van der Waals surface area contributed by atoms with Gasteiger partial charge >= 0.3 is 0 Å². The quantitative estimate of drug-likeness (QED) is 0.817. The predicted octanol–water partition coefficient (Wildman–Crippen LogP) is 4.14. The van der Waals surface area contributed by atoms with Crippen LogP contribution in [0, 0.1) is 18.8 Å². The Labute approximate surface area is 128 Å². The Balaban J connectivity index is 1.96. The number of hydrogen-bond donors (Lipinski definition) is 1. The highest BCUT2D eigenvalue weighted by atomic mass is 79.9. The molecule has 1 aromatic carbocycles. The van der Waals surface area contributed by atoms with Crippen LogP contribution in [0.5, 0.6) is 0 Å². The lowest BCUT2D eigenvalue weighted by Crippen LogP contribution is -2.31. The number of carbonyl (C=O) groups is 1. The van der Waals surface area contributed by atoms with Crippen molar-refractivity contribution in [3.05, 3.63) is 33.8 Å². The third-order valence-corrected chi connectivity index (χ3v) is 5.42. The van der Waals surface area contributed by atoms with E-state index in [4.69, 9.17) is 11.6 Å². The SMILES string of the molecule is Cc1cccc(C(=O)NCC2CCCC2CCl)c1Br. The Morgan fingerprint density at radius 1 is 1.42 bits per heavy atom. The number of carbonyl (C=O) groups excluding carboxylic acids is 1. The highest BCUT2D eigenvalue weighted by molar-refractivity contribution is 9.10. The van der Waals surface area contributed by atoms with Crippen molar-refractivity contribution in [2.75, 3.05) is 12.4 Å². The second kappa shape index (κ2) is 6.76. The van der Waals surface area contributed by atoms with Crippen molar-refractivity contribution >= 4 is 33.4 Å².